The largest absolute Gasteiger partial charge is 0.366 e. The van der Waals surface area contributed by atoms with Gasteiger partial charge >= 0.3 is 0 Å². The molecule has 0 bridgehead atoms. The Balaban J connectivity index is 1.56. The second-order valence-corrected chi connectivity index (χ2v) is 6.02. The lowest BCUT2D eigenvalue weighted by atomic mass is 9.89. The minimum Gasteiger partial charge on any atom is -0.366 e. The number of primary amides is 1. The SMILES string of the molecule is NC(=O)c1ccc(C2CCN(Cc3ccccc3)CC2)cc1. The summed E-state index contributed by atoms with van der Waals surface area (Å²) < 4.78 is 0. The number of likely N-dealkylation sites (tertiary alicyclic amines) is 1. The van der Waals surface area contributed by atoms with Crippen LogP contribution < -0.4 is 5.73 Å². The van der Waals surface area contributed by atoms with Crippen molar-refractivity contribution in [3.05, 3.63) is 71.3 Å². The maximum absolute atomic E-state index is 11.1. The molecule has 1 amide bonds. The molecule has 1 heterocycles. The van der Waals surface area contributed by atoms with E-state index in [0.717, 1.165) is 19.6 Å². The molecule has 22 heavy (non-hydrogen) atoms. The number of nitrogens with two attached hydrogens (primary N) is 1. The van der Waals surface area contributed by atoms with Crippen molar-refractivity contribution in [1.82, 2.24) is 4.90 Å². The van der Waals surface area contributed by atoms with Crippen LogP contribution in [-0.2, 0) is 6.54 Å². The van der Waals surface area contributed by atoms with Crippen molar-refractivity contribution < 1.29 is 4.79 Å². The lowest BCUT2D eigenvalue weighted by Crippen LogP contribution is -2.32. The third-order valence-corrected chi connectivity index (χ3v) is 4.50. The zero-order valence-corrected chi connectivity index (χ0v) is 12.7. The summed E-state index contributed by atoms with van der Waals surface area (Å²) in [6.07, 6.45) is 2.34. The van der Waals surface area contributed by atoms with Gasteiger partial charge in [0.05, 0.1) is 0 Å². The lowest BCUT2D eigenvalue weighted by molar-refractivity contribution is 0.100. The van der Waals surface area contributed by atoms with E-state index in [0.29, 0.717) is 11.5 Å². The highest BCUT2D eigenvalue weighted by Gasteiger charge is 2.20. The van der Waals surface area contributed by atoms with Crippen LogP contribution in [-0.4, -0.2) is 23.9 Å². The predicted molar refractivity (Wildman–Crippen MR) is 88.7 cm³/mol. The highest BCUT2D eigenvalue weighted by molar-refractivity contribution is 5.92. The Labute approximate surface area is 131 Å². The summed E-state index contributed by atoms with van der Waals surface area (Å²) in [5.41, 5.74) is 8.58. The van der Waals surface area contributed by atoms with Gasteiger partial charge in [-0.15, -0.1) is 0 Å². The molecule has 0 saturated carbocycles. The number of carbonyl (C=O) groups is 1. The molecule has 2 aromatic rings. The van der Waals surface area contributed by atoms with Crippen LogP contribution in [0, 0.1) is 0 Å². The summed E-state index contributed by atoms with van der Waals surface area (Å²) in [6, 6.07) is 18.4. The minimum absolute atomic E-state index is 0.357. The molecule has 0 spiro atoms. The van der Waals surface area contributed by atoms with Crippen LogP contribution in [0.2, 0.25) is 0 Å². The molecule has 1 fully saturated rings. The number of carbonyl (C=O) groups excluding carboxylic acids is 1. The summed E-state index contributed by atoms with van der Waals surface area (Å²) in [5, 5.41) is 0. The van der Waals surface area contributed by atoms with E-state index in [1.807, 2.05) is 12.1 Å². The van der Waals surface area contributed by atoms with Crippen molar-refractivity contribution >= 4 is 5.91 Å². The van der Waals surface area contributed by atoms with E-state index < -0.39 is 0 Å². The third kappa shape index (κ3) is 3.55. The first-order valence-corrected chi connectivity index (χ1v) is 7.88. The Morgan fingerprint density at radius 2 is 1.64 bits per heavy atom. The topological polar surface area (TPSA) is 46.3 Å². The van der Waals surface area contributed by atoms with E-state index in [4.69, 9.17) is 5.73 Å². The number of piperidine rings is 1. The predicted octanol–water partition coefficient (Wildman–Crippen LogP) is 3.17. The molecular weight excluding hydrogens is 272 g/mol. The Hall–Kier alpha value is -2.13. The lowest BCUT2D eigenvalue weighted by Gasteiger charge is -2.32. The number of nitrogens with zero attached hydrogens (tertiary/aromatic N) is 1. The fraction of sp³-hybridized carbons (Fsp3) is 0.316. The molecule has 3 rings (SSSR count). The van der Waals surface area contributed by atoms with Crippen LogP contribution in [0.1, 0.15) is 40.2 Å². The first kappa shape index (κ1) is 14.8. The first-order chi connectivity index (χ1) is 10.7. The van der Waals surface area contributed by atoms with E-state index in [9.17, 15) is 4.79 Å². The highest BCUT2D eigenvalue weighted by Crippen LogP contribution is 2.28. The monoisotopic (exact) mass is 294 g/mol. The molecule has 1 aliphatic heterocycles. The average Bonchev–Trinajstić information content (AvgIpc) is 2.57. The maximum atomic E-state index is 11.1. The number of amides is 1. The van der Waals surface area contributed by atoms with Crippen LogP contribution in [0.15, 0.2) is 54.6 Å². The molecule has 2 aromatic carbocycles. The van der Waals surface area contributed by atoms with Gasteiger partial charge in [-0.2, -0.15) is 0 Å². The second-order valence-electron chi connectivity index (χ2n) is 6.02. The minimum atomic E-state index is -0.357. The smallest absolute Gasteiger partial charge is 0.248 e. The van der Waals surface area contributed by atoms with Crippen LogP contribution in [0.3, 0.4) is 0 Å². The first-order valence-electron chi connectivity index (χ1n) is 7.88. The van der Waals surface area contributed by atoms with Crippen molar-refractivity contribution in [3.8, 4) is 0 Å². The van der Waals surface area contributed by atoms with Gasteiger partial charge < -0.3 is 5.73 Å². The molecule has 1 saturated heterocycles. The van der Waals surface area contributed by atoms with Gasteiger partial charge in [0.2, 0.25) is 5.91 Å². The average molecular weight is 294 g/mol. The highest BCUT2D eigenvalue weighted by atomic mass is 16.1. The van der Waals surface area contributed by atoms with Crippen LogP contribution in [0.4, 0.5) is 0 Å². The van der Waals surface area contributed by atoms with Gasteiger partial charge in [-0.1, -0.05) is 42.5 Å². The second kappa shape index (κ2) is 6.75. The summed E-state index contributed by atoms with van der Waals surface area (Å²) in [7, 11) is 0. The van der Waals surface area contributed by atoms with Gasteiger partial charge in [-0.25, -0.2) is 0 Å². The fourth-order valence-corrected chi connectivity index (χ4v) is 3.19. The molecule has 3 nitrogen and oxygen atoms in total. The molecular formula is C19H22N2O. The normalized spacial score (nSPS) is 16.5. The van der Waals surface area contributed by atoms with Gasteiger partial charge in [0, 0.05) is 12.1 Å². The Morgan fingerprint density at radius 1 is 1.00 bits per heavy atom. The molecule has 0 atom stereocenters. The molecule has 0 aliphatic carbocycles. The van der Waals surface area contributed by atoms with Crippen molar-refractivity contribution in [2.45, 2.75) is 25.3 Å². The molecule has 114 valence electrons. The van der Waals surface area contributed by atoms with E-state index >= 15 is 0 Å². The van der Waals surface area contributed by atoms with Crippen molar-refractivity contribution in [3.63, 3.8) is 0 Å². The van der Waals surface area contributed by atoms with Crippen molar-refractivity contribution in [1.29, 1.82) is 0 Å². The molecule has 1 aliphatic rings. The summed E-state index contributed by atoms with van der Waals surface area (Å²) in [6.45, 7) is 3.28. The maximum Gasteiger partial charge on any atom is 0.248 e. The Bertz CT molecular complexity index is 614. The molecule has 3 heteroatoms. The molecule has 2 N–H and O–H groups in total. The van der Waals surface area contributed by atoms with E-state index in [-0.39, 0.29) is 5.91 Å². The van der Waals surface area contributed by atoms with Crippen molar-refractivity contribution in [2.75, 3.05) is 13.1 Å². The van der Waals surface area contributed by atoms with E-state index in [2.05, 4.69) is 47.4 Å². The molecule has 0 unspecified atom stereocenters. The number of hydrogen-bond donors (Lipinski definition) is 1. The Kier molecular flexibility index (Phi) is 4.54. The fourth-order valence-electron chi connectivity index (χ4n) is 3.19. The number of benzene rings is 2. The summed E-state index contributed by atoms with van der Waals surface area (Å²) in [5.74, 6) is 0.234. The van der Waals surface area contributed by atoms with E-state index in [1.165, 1.54) is 24.0 Å². The van der Waals surface area contributed by atoms with Crippen molar-refractivity contribution in [2.24, 2.45) is 5.73 Å². The molecule has 0 radical (unpaired) electrons. The number of hydrogen-bond acceptors (Lipinski definition) is 2. The van der Waals surface area contributed by atoms with Crippen LogP contribution in [0.25, 0.3) is 0 Å². The summed E-state index contributed by atoms with van der Waals surface area (Å²) >= 11 is 0. The standard InChI is InChI=1S/C19H22N2O/c20-19(22)18-8-6-16(7-9-18)17-10-12-21(13-11-17)14-15-4-2-1-3-5-15/h1-9,17H,10-14H2,(H2,20,22). The molecule has 0 aromatic heterocycles. The zero-order chi connectivity index (χ0) is 15.4. The van der Waals surface area contributed by atoms with E-state index in [1.54, 1.807) is 0 Å². The quantitative estimate of drug-likeness (QED) is 0.941. The Morgan fingerprint density at radius 3 is 2.23 bits per heavy atom. The van der Waals surface area contributed by atoms with Crippen LogP contribution >= 0.6 is 0 Å². The zero-order valence-electron chi connectivity index (χ0n) is 12.7. The van der Waals surface area contributed by atoms with Gasteiger partial charge in [0.1, 0.15) is 0 Å². The number of rotatable bonds is 4. The van der Waals surface area contributed by atoms with Crippen LogP contribution in [0.5, 0.6) is 0 Å². The van der Waals surface area contributed by atoms with Gasteiger partial charge in [-0.3, -0.25) is 9.69 Å². The summed E-state index contributed by atoms with van der Waals surface area (Å²) in [4.78, 5) is 13.6. The van der Waals surface area contributed by atoms with Gasteiger partial charge in [0.25, 0.3) is 0 Å². The van der Waals surface area contributed by atoms with Gasteiger partial charge in [0.15, 0.2) is 0 Å². The van der Waals surface area contributed by atoms with Gasteiger partial charge in [-0.05, 0) is 55.1 Å². The third-order valence-electron chi connectivity index (χ3n) is 4.50.